The molecular weight excluding hydrogens is 384 g/mol. The molecule has 2 fully saturated rings. The Bertz CT molecular complexity index is 587. The standard InChI is InChI=1S/C12H16BrClN2O2S2/c1-16(9-4-7-2-3-8(5-9)15-7)20(17,18)11-6-10(14)12(13)19-11/h6-9,15H,2-5H2,1H3. The van der Waals surface area contributed by atoms with Crippen molar-refractivity contribution in [2.75, 3.05) is 7.05 Å². The van der Waals surface area contributed by atoms with Gasteiger partial charge in [0.2, 0.25) is 0 Å². The fourth-order valence-electron chi connectivity index (χ4n) is 3.12. The summed E-state index contributed by atoms with van der Waals surface area (Å²) in [7, 11) is -1.76. The minimum Gasteiger partial charge on any atom is -0.311 e. The predicted octanol–water partition coefficient (Wildman–Crippen LogP) is 3.07. The van der Waals surface area contributed by atoms with E-state index in [1.807, 2.05) is 0 Å². The maximum Gasteiger partial charge on any atom is 0.252 e. The molecule has 1 aromatic rings. The minimum atomic E-state index is -3.45. The summed E-state index contributed by atoms with van der Waals surface area (Å²) in [6, 6.07) is 2.54. The molecule has 112 valence electrons. The molecule has 0 amide bonds. The van der Waals surface area contributed by atoms with E-state index in [1.54, 1.807) is 7.05 Å². The smallest absolute Gasteiger partial charge is 0.252 e. The van der Waals surface area contributed by atoms with Crippen LogP contribution in [0.5, 0.6) is 0 Å². The van der Waals surface area contributed by atoms with Crippen LogP contribution in [0.4, 0.5) is 0 Å². The van der Waals surface area contributed by atoms with E-state index in [2.05, 4.69) is 21.2 Å². The van der Waals surface area contributed by atoms with Gasteiger partial charge in [-0.25, -0.2) is 8.42 Å². The maximum absolute atomic E-state index is 12.7. The summed E-state index contributed by atoms with van der Waals surface area (Å²) in [5, 5.41) is 3.98. The lowest BCUT2D eigenvalue weighted by Crippen LogP contribution is -2.48. The molecule has 0 aromatic carbocycles. The highest BCUT2D eigenvalue weighted by molar-refractivity contribution is 9.11. The third kappa shape index (κ3) is 2.68. The van der Waals surface area contributed by atoms with Crippen molar-refractivity contribution in [2.45, 2.75) is 48.0 Å². The van der Waals surface area contributed by atoms with Crippen LogP contribution in [0.2, 0.25) is 5.02 Å². The predicted molar refractivity (Wildman–Crippen MR) is 84.9 cm³/mol. The van der Waals surface area contributed by atoms with Gasteiger partial charge in [-0.15, -0.1) is 11.3 Å². The number of nitrogens with zero attached hydrogens (tertiary/aromatic N) is 1. The molecule has 1 aromatic heterocycles. The van der Waals surface area contributed by atoms with Gasteiger partial charge in [-0.2, -0.15) is 4.31 Å². The summed E-state index contributed by atoms with van der Waals surface area (Å²) < 4.78 is 27.8. The first-order chi connectivity index (χ1) is 9.38. The molecule has 3 rings (SSSR count). The number of rotatable bonds is 3. The largest absolute Gasteiger partial charge is 0.311 e. The Kier molecular flexibility index (Phi) is 4.20. The van der Waals surface area contributed by atoms with E-state index in [9.17, 15) is 8.42 Å². The number of nitrogens with one attached hydrogen (secondary N) is 1. The topological polar surface area (TPSA) is 49.4 Å². The van der Waals surface area contributed by atoms with Gasteiger partial charge in [0.25, 0.3) is 10.0 Å². The molecule has 1 N–H and O–H groups in total. The van der Waals surface area contributed by atoms with E-state index in [4.69, 9.17) is 11.6 Å². The minimum absolute atomic E-state index is 0.0819. The van der Waals surface area contributed by atoms with Crippen molar-refractivity contribution in [1.82, 2.24) is 9.62 Å². The maximum atomic E-state index is 12.7. The molecule has 2 bridgehead atoms. The van der Waals surface area contributed by atoms with Gasteiger partial charge in [0, 0.05) is 25.2 Å². The lowest BCUT2D eigenvalue weighted by atomic mass is 10.0. The highest BCUT2D eigenvalue weighted by atomic mass is 79.9. The average Bonchev–Trinajstić information content (AvgIpc) is 2.92. The molecule has 3 heterocycles. The Hall–Kier alpha value is 0.340. The van der Waals surface area contributed by atoms with E-state index in [0.717, 1.165) is 25.7 Å². The van der Waals surface area contributed by atoms with Gasteiger partial charge >= 0.3 is 0 Å². The fraction of sp³-hybridized carbons (Fsp3) is 0.667. The zero-order valence-corrected chi connectivity index (χ0v) is 14.9. The van der Waals surface area contributed by atoms with E-state index in [-0.39, 0.29) is 6.04 Å². The molecule has 2 aliphatic rings. The van der Waals surface area contributed by atoms with Gasteiger partial charge in [0.05, 0.1) is 8.81 Å². The van der Waals surface area contributed by atoms with Crippen LogP contribution in [0.25, 0.3) is 0 Å². The van der Waals surface area contributed by atoms with Gasteiger partial charge < -0.3 is 5.32 Å². The van der Waals surface area contributed by atoms with Crippen LogP contribution in [0.3, 0.4) is 0 Å². The molecule has 4 nitrogen and oxygen atoms in total. The molecule has 2 saturated heterocycles. The lowest BCUT2D eigenvalue weighted by Gasteiger charge is -2.34. The molecule has 8 heteroatoms. The first-order valence-electron chi connectivity index (χ1n) is 6.57. The second-order valence-electron chi connectivity index (χ2n) is 5.47. The van der Waals surface area contributed by atoms with Crippen molar-refractivity contribution in [2.24, 2.45) is 0 Å². The first-order valence-corrected chi connectivity index (χ1v) is 9.99. The Labute approximate surface area is 136 Å². The molecule has 2 unspecified atom stereocenters. The Morgan fingerprint density at radius 1 is 1.40 bits per heavy atom. The number of thiophene rings is 1. The van der Waals surface area contributed by atoms with Crippen molar-refractivity contribution >= 4 is 48.9 Å². The zero-order chi connectivity index (χ0) is 14.5. The number of hydrogen-bond acceptors (Lipinski definition) is 4. The van der Waals surface area contributed by atoms with Crippen molar-refractivity contribution in [1.29, 1.82) is 0 Å². The van der Waals surface area contributed by atoms with Gasteiger partial charge in [-0.05, 0) is 47.7 Å². The van der Waals surface area contributed by atoms with Gasteiger partial charge in [-0.3, -0.25) is 0 Å². The van der Waals surface area contributed by atoms with Crippen molar-refractivity contribution in [3.8, 4) is 0 Å². The molecule has 20 heavy (non-hydrogen) atoms. The molecule has 2 aliphatic heterocycles. The average molecular weight is 400 g/mol. The van der Waals surface area contributed by atoms with Gasteiger partial charge in [-0.1, -0.05) is 11.6 Å². The summed E-state index contributed by atoms with van der Waals surface area (Å²) >= 11 is 10.4. The second-order valence-corrected chi connectivity index (χ2v) is 10.5. The molecule has 0 saturated carbocycles. The van der Waals surface area contributed by atoms with E-state index >= 15 is 0 Å². The molecular formula is C12H16BrClN2O2S2. The van der Waals surface area contributed by atoms with Crippen molar-refractivity contribution in [3.63, 3.8) is 0 Å². The number of fused-ring (bicyclic) bond motifs is 2. The van der Waals surface area contributed by atoms with Gasteiger partial charge in [0.1, 0.15) is 4.21 Å². The SMILES string of the molecule is CN(C1CC2CCC(C1)N2)S(=O)(=O)c1cc(Cl)c(Br)s1. The van der Waals surface area contributed by atoms with E-state index in [0.29, 0.717) is 25.1 Å². The Morgan fingerprint density at radius 2 is 2.00 bits per heavy atom. The first kappa shape index (κ1) is 15.2. The fourth-order valence-corrected chi connectivity index (χ4v) is 7.08. The monoisotopic (exact) mass is 398 g/mol. The van der Waals surface area contributed by atoms with Crippen molar-refractivity contribution in [3.05, 3.63) is 14.9 Å². The highest BCUT2D eigenvalue weighted by Crippen LogP contribution is 2.37. The van der Waals surface area contributed by atoms with Crippen LogP contribution >= 0.6 is 38.9 Å². The third-order valence-corrected chi connectivity index (χ3v) is 9.05. The van der Waals surface area contributed by atoms with Crippen molar-refractivity contribution < 1.29 is 8.42 Å². The summed E-state index contributed by atoms with van der Waals surface area (Å²) in [4.78, 5) is 0. The van der Waals surface area contributed by atoms with Crippen LogP contribution in [0, 0.1) is 0 Å². The Balaban J connectivity index is 1.83. The van der Waals surface area contributed by atoms with Crippen LogP contribution < -0.4 is 5.32 Å². The summed E-state index contributed by atoms with van der Waals surface area (Å²) in [5.74, 6) is 0. The van der Waals surface area contributed by atoms with Crippen LogP contribution in [-0.2, 0) is 10.0 Å². The van der Waals surface area contributed by atoms with Crippen LogP contribution in [0.1, 0.15) is 25.7 Å². The lowest BCUT2D eigenvalue weighted by molar-refractivity contribution is 0.252. The molecule has 0 spiro atoms. The molecule has 0 radical (unpaired) electrons. The number of halogens is 2. The highest BCUT2D eigenvalue weighted by Gasteiger charge is 2.39. The second kappa shape index (κ2) is 5.52. The third-order valence-electron chi connectivity index (χ3n) is 4.22. The molecule has 0 aliphatic carbocycles. The van der Waals surface area contributed by atoms with Gasteiger partial charge in [0.15, 0.2) is 0 Å². The number of hydrogen-bond donors (Lipinski definition) is 1. The van der Waals surface area contributed by atoms with E-state index < -0.39 is 10.0 Å². The normalized spacial score (nSPS) is 30.1. The van der Waals surface area contributed by atoms with Crippen LogP contribution in [-0.4, -0.2) is 37.9 Å². The summed E-state index contributed by atoms with van der Waals surface area (Å²) in [6.07, 6.45) is 4.11. The van der Waals surface area contributed by atoms with E-state index in [1.165, 1.54) is 21.7 Å². The zero-order valence-electron chi connectivity index (χ0n) is 11.0. The molecule has 2 atom stereocenters. The quantitative estimate of drug-likeness (QED) is 0.850. The number of piperidine rings is 1. The Morgan fingerprint density at radius 3 is 2.50 bits per heavy atom. The van der Waals surface area contributed by atoms with Crippen LogP contribution in [0.15, 0.2) is 14.1 Å². The number of sulfonamides is 1. The summed E-state index contributed by atoms with van der Waals surface area (Å²) in [5.41, 5.74) is 0. The summed E-state index contributed by atoms with van der Waals surface area (Å²) in [6.45, 7) is 0.